The number of benzene rings is 1. The van der Waals surface area contributed by atoms with Gasteiger partial charge in [-0.3, -0.25) is 0 Å². The zero-order valence-electron chi connectivity index (χ0n) is 8.58. The van der Waals surface area contributed by atoms with Gasteiger partial charge in [0.05, 0.1) is 0 Å². The molecular formula is C11H7BrClN3S. The van der Waals surface area contributed by atoms with Gasteiger partial charge in [-0.2, -0.15) is 5.26 Å². The van der Waals surface area contributed by atoms with E-state index in [0.717, 1.165) is 10.0 Å². The molecule has 0 aliphatic carbocycles. The first-order chi connectivity index (χ1) is 8.19. The van der Waals surface area contributed by atoms with E-state index >= 15 is 0 Å². The van der Waals surface area contributed by atoms with Crippen LogP contribution in [0.15, 0.2) is 28.7 Å². The summed E-state index contributed by atoms with van der Waals surface area (Å²) < 4.78 is 1.05. The van der Waals surface area contributed by atoms with E-state index in [-0.39, 0.29) is 5.15 Å². The maximum atomic E-state index is 8.75. The number of anilines is 1. The first-order valence-corrected chi connectivity index (χ1v) is 6.72. The number of hydrogen-bond donors (Lipinski definition) is 1. The number of halogens is 2. The molecule has 0 atom stereocenters. The van der Waals surface area contributed by atoms with Crippen molar-refractivity contribution in [1.82, 2.24) is 4.98 Å². The molecule has 1 aromatic carbocycles. The summed E-state index contributed by atoms with van der Waals surface area (Å²) in [6.45, 7) is 0.655. The fraction of sp³-hybridized carbons (Fsp3) is 0.0909. The number of hydrogen-bond acceptors (Lipinski definition) is 4. The van der Waals surface area contributed by atoms with Gasteiger partial charge in [-0.1, -0.05) is 51.0 Å². The molecule has 3 nitrogen and oxygen atoms in total. The van der Waals surface area contributed by atoms with E-state index in [9.17, 15) is 0 Å². The molecule has 0 amide bonds. The Morgan fingerprint density at radius 1 is 1.41 bits per heavy atom. The first-order valence-electron chi connectivity index (χ1n) is 4.74. The van der Waals surface area contributed by atoms with Crippen molar-refractivity contribution in [1.29, 1.82) is 5.26 Å². The number of nitriles is 1. The third-order valence-corrected chi connectivity index (χ3v) is 3.88. The van der Waals surface area contributed by atoms with Gasteiger partial charge in [0.25, 0.3) is 0 Å². The normalized spacial score (nSPS) is 9.94. The second-order valence-corrected chi connectivity index (χ2v) is 5.50. The summed E-state index contributed by atoms with van der Waals surface area (Å²) in [5, 5.41) is 12.8. The van der Waals surface area contributed by atoms with E-state index in [2.05, 4.69) is 26.2 Å². The summed E-state index contributed by atoms with van der Waals surface area (Å²) in [5.41, 5.74) is 1.14. The maximum Gasteiger partial charge on any atom is 0.185 e. The number of nitrogens with zero attached hydrogens (tertiary/aromatic N) is 2. The standard InChI is InChI=1S/C11H7BrClN3S/c12-8-3-1-7(2-4-8)6-15-11-16-10(13)9(5-14)17-11/h1-4H,6H2,(H,15,16). The average Bonchev–Trinajstić information content (AvgIpc) is 2.69. The fourth-order valence-corrected chi connectivity index (χ4v) is 2.43. The Morgan fingerprint density at radius 2 is 2.12 bits per heavy atom. The summed E-state index contributed by atoms with van der Waals surface area (Å²) >= 11 is 10.4. The van der Waals surface area contributed by atoms with Crippen molar-refractivity contribution in [2.24, 2.45) is 0 Å². The lowest BCUT2D eigenvalue weighted by molar-refractivity contribution is 1.13. The summed E-state index contributed by atoms with van der Waals surface area (Å²) in [7, 11) is 0. The van der Waals surface area contributed by atoms with Gasteiger partial charge in [0.1, 0.15) is 10.9 Å². The quantitative estimate of drug-likeness (QED) is 0.925. The van der Waals surface area contributed by atoms with Gasteiger partial charge >= 0.3 is 0 Å². The second-order valence-electron chi connectivity index (χ2n) is 3.23. The number of thiazole rings is 1. The minimum atomic E-state index is 0.260. The van der Waals surface area contributed by atoms with Gasteiger partial charge in [0.15, 0.2) is 10.3 Å². The van der Waals surface area contributed by atoms with Crippen LogP contribution in [0.5, 0.6) is 0 Å². The lowest BCUT2D eigenvalue weighted by Crippen LogP contribution is -1.98. The highest BCUT2D eigenvalue weighted by atomic mass is 79.9. The smallest absolute Gasteiger partial charge is 0.185 e. The zero-order chi connectivity index (χ0) is 12.3. The van der Waals surface area contributed by atoms with E-state index in [1.165, 1.54) is 11.3 Å². The number of aromatic nitrogens is 1. The Labute approximate surface area is 116 Å². The molecule has 0 radical (unpaired) electrons. The molecule has 1 N–H and O–H groups in total. The summed E-state index contributed by atoms with van der Waals surface area (Å²) in [6.07, 6.45) is 0. The van der Waals surface area contributed by atoms with Crippen molar-refractivity contribution in [3.8, 4) is 6.07 Å². The molecule has 0 saturated heterocycles. The molecule has 0 aliphatic rings. The lowest BCUT2D eigenvalue weighted by Gasteiger charge is -2.02. The Hall–Kier alpha value is -1.09. The summed E-state index contributed by atoms with van der Waals surface area (Å²) in [4.78, 5) is 4.49. The second kappa shape index (κ2) is 5.50. The van der Waals surface area contributed by atoms with Crippen LogP contribution in [0.1, 0.15) is 10.4 Å². The Balaban J connectivity index is 2.02. The van der Waals surface area contributed by atoms with Gasteiger partial charge in [0.2, 0.25) is 0 Å². The lowest BCUT2D eigenvalue weighted by atomic mass is 10.2. The van der Waals surface area contributed by atoms with Gasteiger partial charge in [-0.05, 0) is 17.7 Å². The van der Waals surface area contributed by atoms with E-state index in [1.807, 2.05) is 30.3 Å². The molecule has 0 bridgehead atoms. The van der Waals surface area contributed by atoms with Crippen molar-refractivity contribution >= 4 is 44.0 Å². The van der Waals surface area contributed by atoms with Crippen LogP contribution >= 0.6 is 38.9 Å². The van der Waals surface area contributed by atoms with Crippen LogP contribution in [0.25, 0.3) is 0 Å². The Bertz CT molecular complexity index is 559. The van der Waals surface area contributed by atoms with Crippen LogP contribution in [-0.2, 0) is 6.54 Å². The molecule has 0 saturated carbocycles. The molecule has 1 heterocycles. The number of nitrogens with one attached hydrogen (secondary N) is 1. The highest BCUT2D eigenvalue weighted by Crippen LogP contribution is 2.26. The van der Waals surface area contributed by atoms with Crippen LogP contribution in [-0.4, -0.2) is 4.98 Å². The molecule has 17 heavy (non-hydrogen) atoms. The average molecular weight is 329 g/mol. The van der Waals surface area contributed by atoms with E-state index in [0.29, 0.717) is 16.6 Å². The number of rotatable bonds is 3. The highest BCUT2D eigenvalue weighted by Gasteiger charge is 2.07. The fourth-order valence-electron chi connectivity index (χ4n) is 1.23. The Morgan fingerprint density at radius 3 is 2.71 bits per heavy atom. The Kier molecular flexibility index (Phi) is 4.00. The molecule has 0 spiro atoms. The van der Waals surface area contributed by atoms with Crippen LogP contribution < -0.4 is 5.32 Å². The highest BCUT2D eigenvalue weighted by molar-refractivity contribution is 9.10. The molecule has 1 aromatic heterocycles. The van der Waals surface area contributed by atoms with Crippen molar-refractivity contribution in [2.45, 2.75) is 6.54 Å². The van der Waals surface area contributed by atoms with Crippen LogP contribution in [0.2, 0.25) is 5.15 Å². The third kappa shape index (κ3) is 3.19. The van der Waals surface area contributed by atoms with Gasteiger partial charge < -0.3 is 5.32 Å². The van der Waals surface area contributed by atoms with E-state index in [1.54, 1.807) is 0 Å². The zero-order valence-corrected chi connectivity index (χ0v) is 11.7. The SMILES string of the molecule is N#Cc1sc(NCc2ccc(Br)cc2)nc1Cl. The molecule has 86 valence electrons. The largest absolute Gasteiger partial charge is 0.357 e. The van der Waals surface area contributed by atoms with Crippen molar-refractivity contribution in [3.05, 3.63) is 44.3 Å². The van der Waals surface area contributed by atoms with Crippen molar-refractivity contribution < 1.29 is 0 Å². The van der Waals surface area contributed by atoms with E-state index in [4.69, 9.17) is 16.9 Å². The molecule has 0 aliphatic heterocycles. The van der Waals surface area contributed by atoms with Crippen molar-refractivity contribution in [3.63, 3.8) is 0 Å². The molecular weight excluding hydrogens is 322 g/mol. The van der Waals surface area contributed by atoms with Gasteiger partial charge in [-0.15, -0.1) is 0 Å². The van der Waals surface area contributed by atoms with Crippen LogP contribution in [0.4, 0.5) is 5.13 Å². The molecule has 2 aromatic rings. The molecule has 0 unspecified atom stereocenters. The topological polar surface area (TPSA) is 48.7 Å². The summed E-state index contributed by atoms with van der Waals surface area (Å²) in [5.74, 6) is 0. The molecule has 0 fully saturated rings. The minimum Gasteiger partial charge on any atom is -0.357 e. The molecule has 2 rings (SSSR count). The van der Waals surface area contributed by atoms with Crippen LogP contribution in [0, 0.1) is 11.3 Å². The predicted octanol–water partition coefficient (Wildman–Crippen LogP) is 4.04. The predicted molar refractivity (Wildman–Crippen MR) is 73.3 cm³/mol. The maximum absolute atomic E-state index is 8.75. The summed E-state index contributed by atoms with van der Waals surface area (Å²) in [6, 6.07) is 9.98. The van der Waals surface area contributed by atoms with Gasteiger partial charge in [-0.25, -0.2) is 4.98 Å². The minimum absolute atomic E-state index is 0.260. The van der Waals surface area contributed by atoms with Crippen LogP contribution in [0.3, 0.4) is 0 Å². The molecule has 6 heteroatoms. The van der Waals surface area contributed by atoms with E-state index < -0.39 is 0 Å². The third-order valence-electron chi connectivity index (χ3n) is 2.04. The monoisotopic (exact) mass is 327 g/mol. The van der Waals surface area contributed by atoms with Gasteiger partial charge in [0, 0.05) is 11.0 Å². The first kappa shape index (κ1) is 12.4. The van der Waals surface area contributed by atoms with Crippen molar-refractivity contribution in [2.75, 3.05) is 5.32 Å².